The molecule has 0 aromatic heterocycles. The van der Waals surface area contributed by atoms with Gasteiger partial charge in [0.25, 0.3) is 11.4 Å². The Kier molecular flexibility index (Phi) is 8.56. The van der Waals surface area contributed by atoms with E-state index in [4.69, 9.17) is 8.85 Å². The van der Waals surface area contributed by atoms with Gasteiger partial charge in [0.2, 0.25) is 0 Å². The first-order valence-corrected chi connectivity index (χ1v) is 12.3. The van der Waals surface area contributed by atoms with E-state index in [2.05, 4.69) is 0 Å². The summed E-state index contributed by atoms with van der Waals surface area (Å²) < 4.78 is 54.2. The number of halogens is 3. The average Bonchev–Trinajstić information content (AvgIpc) is 2.81. The lowest BCUT2D eigenvalue weighted by Gasteiger charge is -2.32. The summed E-state index contributed by atoms with van der Waals surface area (Å²) >= 11 is 0. The van der Waals surface area contributed by atoms with Crippen molar-refractivity contribution in [3.05, 3.63) is 115 Å². The number of hydrogen-bond acceptors (Lipinski definition) is 6. The van der Waals surface area contributed by atoms with E-state index in [1.807, 2.05) is 0 Å². The maximum Gasteiger partial charge on any atom is 0.328 e. The van der Waals surface area contributed by atoms with Gasteiger partial charge >= 0.3 is 9.28 Å². The molecule has 3 aromatic rings. The molecule has 0 spiro atoms. The Hall–Kier alpha value is -3.61. The number of rotatable bonds is 11. The Morgan fingerprint density at radius 3 is 1.64 bits per heavy atom. The van der Waals surface area contributed by atoms with Crippen LogP contribution in [0.25, 0.3) is 0 Å². The molecule has 0 fully saturated rings. The van der Waals surface area contributed by atoms with E-state index in [0.29, 0.717) is 12.1 Å². The van der Waals surface area contributed by atoms with Crippen LogP contribution in [0.3, 0.4) is 0 Å². The molecular formula is C24H23F3N2O6Si. The van der Waals surface area contributed by atoms with Crippen LogP contribution in [0.1, 0.15) is 30.5 Å². The summed E-state index contributed by atoms with van der Waals surface area (Å²) in [4.78, 5) is 21.6. The lowest BCUT2D eigenvalue weighted by atomic mass is 10.0. The summed E-state index contributed by atoms with van der Waals surface area (Å²) in [5, 5.41) is 21.7. The SMILES string of the molecule is CC(C)(Cc1c(F)cc(F)cc1F)[SiH](OCc1ccccc1[N+](=O)[O-])OCc1ccccc1[N+](=O)[O-]. The van der Waals surface area contributed by atoms with Crippen molar-refractivity contribution in [1.82, 2.24) is 0 Å². The van der Waals surface area contributed by atoms with E-state index in [1.165, 1.54) is 36.4 Å². The van der Waals surface area contributed by atoms with Gasteiger partial charge in [0.15, 0.2) is 0 Å². The van der Waals surface area contributed by atoms with E-state index < -0.39 is 41.6 Å². The largest absolute Gasteiger partial charge is 0.391 e. The fraction of sp³-hybridized carbons (Fsp3) is 0.250. The van der Waals surface area contributed by atoms with Crippen LogP contribution < -0.4 is 0 Å². The van der Waals surface area contributed by atoms with Gasteiger partial charge in [0.1, 0.15) is 17.5 Å². The third kappa shape index (κ3) is 6.53. The Morgan fingerprint density at radius 2 is 1.22 bits per heavy atom. The zero-order valence-corrected chi connectivity index (χ0v) is 20.6. The number of nitro groups is 2. The lowest BCUT2D eigenvalue weighted by molar-refractivity contribution is -0.385. The molecule has 0 radical (unpaired) electrons. The molecule has 3 rings (SSSR count). The van der Waals surface area contributed by atoms with Gasteiger partial charge in [-0.15, -0.1) is 0 Å². The minimum absolute atomic E-state index is 0.169. The Bertz CT molecular complexity index is 1190. The molecule has 0 heterocycles. The van der Waals surface area contributed by atoms with Gasteiger partial charge in [-0.1, -0.05) is 38.1 Å². The van der Waals surface area contributed by atoms with Gasteiger partial charge in [-0.3, -0.25) is 20.2 Å². The minimum atomic E-state index is -2.98. The number of nitro benzene ring substituents is 2. The molecular weight excluding hydrogens is 497 g/mol. The van der Waals surface area contributed by atoms with Gasteiger partial charge in [0.05, 0.1) is 34.2 Å². The molecule has 12 heteroatoms. The third-order valence-corrected chi connectivity index (χ3v) is 7.95. The van der Waals surface area contributed by atoms with E-state index in [0.717, 1.165) is 0 Å². The van der Waals surface area contributed by atoms with Crippen LogP contribution in [-0.4, -0.2) is 19.1 Å². The van der Waals surface area contributed by atoms with Crippen LogP contribution in [0, 0.1) is 37.7 Å². The Morgan fingerprint density at radius 1 is 0.806 bits per heavy atom. The monoisotopic (exact) mass is 520 g/mol. The second-order valence-corrected chi connectivity index (χ2v) is 11.6. The van der Waals surface area contributed by atoms with Crippen LogP contribution in [0.4, 0.5) is 24.5 Å². The molecule has 190 valence electrons. The van der Waals surface area contributed by atoms with Crippen molar-refractivity contribution < 1.29 is 31.9 Å². The second-order valence-electron chi connectivity index (χ2n) is 8.74. The number of benzene rings is 3. The molecule has 8 nitrogen and oxygen atoms in total. The van der Waals surface area contributed by atoms with Gasteiger partial charge in [0, 0.05) is 34.9 Å². The molecule has 0 saturated heterocycles. The maximum absolute atomic E-state index is 14.4. The highest BCUT2D eigenvalue weighted by Crippen LogP contribution is 2.37. The molecule has 36 heavy (non-hydrogen) atoms. The van der Waals surface area contributed by atoms with E-state index >= 15 is 0 Å². The molecule has 3 aromatic carbocycles. The molecule has 0 bridgehead atoms. The topological polar surface area (TPSA) is 105 Å². The Balaban J connectivity index is 1.90. The highest BCUT2D eigenvalue weighted by Gasteiger charge is 2.37. The normalized spacial score (nSPS) is 11.6. The summed E-state index contributed by atoms with van der Waals surface area (Å²) in [6, 6.07) is 13.0. The van der Waals surface area contributed by atoms with Crippen LogP contribution >= 0.6 is 0 Å². The van der Waals surface area contributed by atoms with Crippen molar-refractivity contribution in [2.24, 2.45) is 0 Å². The number of para-hydroxylation sites is 2. The molecule has 0 aliphatic carbocycles. The second kappa shape index (κ2) is 11.4. The summed E-state index contributed by atoms with van der Waals surface area (Å²) in [7, 11) is -2.98. The zero-order valence-electron chi connectivity index (χ0n) is 19.4. The van der Waals surface area contributed by atoms with Gasteiger partial charge in [-0.25, -0.2) is 13.2 Å². The quantitative estimate of drug-likeness (QED) is 0.177. The van der Waals surface area contributed by atoms with Crippen molar-refractivity contribution in [3.63, 3.8) is 0 Å². The molecule has 0 atom stereocenters. The standard InChI is InChI=1S/C24H23F3N2O6Si/c1-24(2,13-19-20(26)11-18(25)12-21(19)27)36(34-14-16-7-3-5-9-22(16)28(30)31)35-15-17-8-4-6-10-23(17)29(32)33/h3-12,36H,13-15H2,1-2H3. The van der Waals surface area contributed by atoms with Crippen molar-refractivity contribution in [3.8, 4) is 0 Å². The van der Waals surface area contributed by atoms with Gasteiger partial charge in [-0.05, 0) is 18.6 Å². The fourth-order valence-corrected chi connectivity index (χ4v) is 5.76. The molecule has 0 unspecified atom stereocenters. The molecule has 0 amide bonds. The molecule has 0 saturated carbocycles. The summed E-state index contributed by atoms with van der Waals surface area (Å²) in [6.45, 7) is 2.85. The predicted molar refractivity (Wildman–Crippen MR) is 127 cm³/mol. The lowest BCUT2D eigenvalue weighted by Crippen LogP contribution is -2.36. The fourth-order valence-electron chi connectivity index (χ4n) is 3.73. The van der Waals surface area contributed by atoms with Crippen molar-refractivity contribution in [2.45, 2.75) is 38.5 Å². The first-order chi connectivity index (χ1) is 17.0. The van der Waals surface area contributed by atoms with Crippen molar-refractivity contribution in [1.29, 1.82) is 0 Å². The summed E-state index contributed by atoms with van der Waals surface area (Å²) in [5.74, 6) is -3.18. The van der Waals surface area contributed by atoms with Crippen LogP contribution in [0.15, 0.2) is 60.7 Å². The number of hydrogen-bond donors (Lipinski definition) is 0. The third-order valence-electron chi connectivity index (χ3n) is 5.53. The van der Waals surface area contributed by atoms with E-state index in [9.17, 15) is 33.4 Å². The highest BCUT2D eigenvalue weighted by atomic mass is 28.3. The molecule has 0 N–H and O–H groups in total. The molecule has 0 aliphatic rings. The van der Waals surface area contributed by atoms with E-state index in [-0.39, 0.29) is 47.7 Å². The van der Waals surface area contributed by atoms with Crippen molar-refractivity contribution >= 4 is 20.7 Å². The first-order valence-electron chi connectivity index (χ1n) is 10.8. The van der Waals surface area contributed by atoms with E-state index in [1.54, 1.807) is 26.0 Å². The van der Waals surface area contributed by atoms with Crippen LogP contribution in [0.2, 0.25) is 5.04 Å². The smallest absolute Gasteiger partial charge is 0.328 e. The van der Waals surface area contributed by atoms with Gasteiger partial charge in [-0.2, -0.15) is 0 Å². The predicted octanol–water partition coefficient (Wildman–Crippen LogP) is 5.90. The first kappa shape index (κ1) is 27.0. The average molecular weight is 521 g/mol. The van der Waals surface area contributed by atoms with Crippen LogP contribution in [0.5, 0.6) is 0 Å². The summed E-state index contributed by atoms with van der Waals surface area (Å²) in [6.07, 6.45) is -0.227. The number of nitrogens with zero attached hydrogens (tertiary/aromatic N) is 2. The zero-order chi connectivity index (χ0) is 26.5. The molecule has 0 aliphatic heterocycles. The minimum Gasteiger partial charge on any atom is -0.391 e. The van der Waals surface area contributed by atoms with Gasteiger partial charge < -0.3 is 8.85 Å². The highest BCUT2D eigenvalue weighted by molar-refractivity contribution is 6.48. The maximum atomic E-state index is 14.4. The Labute approximate surface area is 206 Å². The summed E-state index contributed by atoms with van der Waals surface area (Å²) in [5.41, 5.74) is -0.161. The van der Waals surface area contributed by atoms with Crippen LogP contribution in [-0.2, 0) is 28.5 Å². The van der Waals surface area contributed by atoms with Crippen molar-refractivity contribution in [2.75, 3.05) is 0 Å².